The minimum absolute atomic E-state index is 0.199. The molecule has 2 aromatic carbocycles. The third-order valence-corrected chi connectivity index (χ3v) is 6.13. The predicted molar refractivity (Wildman–Crippen MR) is 125 cm³/mol. The number of H-pyrrole nitrogens is 1. The summed E-state index contributed by atoms with van der Waals surface area (Å²) in [5, 5.41) is 0. The van der Waals surface area contributed by atoms with E-state index >= 15 is 0 Å². The Balaban J connectivity index is 1.45. The normalized spacial score (nSPS) is 12.4. The van der Waals surface area contributed by atoms with E-state index in [0.29, 0.717) is 33.9 Å². The molecule has 0 saturated heterocycles. The number of nitrogens with one attached hydrogen (secondary N) is 1. The van der Waals surface area contributed by atoms with Crippen LogP contribution in [-0.2, 0) is 32.4 Å². The topological polar surface area (TPSA) is 117 Å². The Morgan fingerprint density at radius 1 is 0.882 bits per heavy atom. The number of nitrogens with zero attached hydrogens (tertiary/aromatic N) is 1. The highest BCUT2D eigenvalue weighted by Gasteiger charge is 2.22. The fourth-order valence-electron chi connectivity index (χ4n) is 3.33. The van der Waals surface area contributed by atoms with Gasteiger partial charge < -0.3 is 14.2 Å². The second-order valence-corrected chi connectivity index (χ2v) is 8.44. The number of fused-ring (bicyclic) bond motifs is 1. The Labute approximate surface area is 198 Å². The largest absolute Gasteiger partial charge is 0.459 e. The number of benzene rings is 2. The van der Waals surface area contributed by atoms with Crippen molar-refractivity contribution in [3.63, 3.8) is 0 Å². The monoisotopic (exact) mass is 482 g/mol. The van der Waals surface area contributed by atoms with Crippen LogP contribution in [-0.4, -0.2) is 40.8 Å². The Kier molecular flexibility index (Phi) is 7.61. The van der Waals surface area contributed by atoms with E-state index in [1.807, 2.05) is 0 Å². The average molecular weight is 483 g/mol. The van der Waals surface area contributed by atoms with Gasteiger partial charge in [0.2, 0.25) is 0 Å². The van der Waals surface area contributed by atoms with Gasteiger partial charge in [-0.2, -0.15) is 11.8 Å². The molecule has 0 spiro atoms. The Morgan fingerprint density at radius 2 is 1.44 bits per heavy atom. The van der Waals surface area contributed by atoms with Crippen molar-refractivity contribution >= 4 is 23.7 Å². The van der Waals surface area contributed by atoms with Crippen LogP contribution < -0.4 is 11.2 Å². The van der Waals surface area contributed by atoms with E-state index in [9.17, 15) is 19.2 Å². The zero-order chi connectivity index (χ0) is 23.9. The third-order valence-electron chi connectivity index (χ3n) is 5.16. The number of aromatic amines is 1. The minimum atomic E-state index is -0.844. The van der Waals surface area contributed by atoms with E-state index in [4.69, 9.17) is 14.2 Å². The fraction of sp³-hybridized carbons (Fsp3) is 0.250. The number of ether oxygens (including phenoxy) is 3. The van der Waals surface area contributed by atoms with Crippen molar-refractivity contribution in [1.29, 1.82) is 0 Å². The molecule has 10 heteroatoms. The molecule has 2 heterocycles. The molecular weight excluding hydrogens is 460 g/mol. The van der Waals surface area contributed by atoms with Gasteiger partial charge in [-0.1, -0.05) is 36.4 Å². The fourth-order valence-corrected chi connectivity index (χ4v) is 4.46. The summed E-state index contributed by atoms with van der Waals surface area (Å²) in [5.41, 5.74) is 0.887. The van der Waals surface area contributed by atoms with Gasteiger partial charge in [-0.05, 0) is 24.3 Å². The van der Waals surface area contributed by atoms with E-state index in [2.05, 4.69) is 4.98 Å². The number of carbonyl (C=O) groups excluding carboxylic acids is 2. The number of aromatic nitrogens is 2. The van der Waals surface area contributed by atoms with E-state index < -0.39 is 29.3 Å². The number of esters is 2. The zero-order valence-corrected chi connectivity index (χ0v) is 18.9. The van der Waals surface area contributed by atoms with Crippen LogP contribution in [0.2, 0.25) is 0 Å². The molecular formula is C24H22N2O7S. The number of hydrogen-bond acceptors (Lipinski definition) is 8. The van der Waals surface area contributed by atoms with Gasteiger partial charge in [0.1, 0.15) is 26.0 Å². The second kappa shape index (κ2) is 11.0. The Bertz CT molecular complexity index is 1220. The van der Waals surface area contributed by atoms with E-state index in [-0.39, 0.29) is 19.9 Å². The maximum atomic E-state index is 12.4. The molecule has 1 aliphatic rings. The van der Waals surface area contributed by atoms with Gasteiger partial charge >= 0.3 is 17.6 Å². The number of carbonyl (C=O) groups is 2. The SMILES string of the molecule is O=C(OCC(COC(=O)c1ccccc1)OCn1c2c(c(=O)[nH]c1=O)CSC2)c1ccccc1. The van der Waals surface area contributed by atoms with Crippen molar-refractivity contribution in [2.45, 2.75) is 24.3 Å². The first kappa shape index (κ1) is 23.5. The van der Waals surface area contributed by atoms with Gasteiger partial charge in [0.05, 0.1) is 11.1 Å². The average Bonchev–Trinajstić information content (AvgIpc) is 3.36. The van der Waals surface area contributed by atoms with Crippen molar-refractivity contribution in [3.05, 3.63) is 104 Å². The van der Waals surface area contributed by atoms with Crippen molar-refractivity contribution in [1.82, 2.24) is 9.55 Å². The summed E-state index contributed by atoms with van der Waals surface area (Å²) in [4.78, 5) is 51.4. The standard InChI is InChI=1S/C24H22N2O7S/c27-21-19-13-34-14-20(19)26(24(30)25-21)15-33-18(11-31-22(28)16-7-3-1-4-8-16)12-32-23(29)17-9-5-2-6-10-17/h1-10,18H,11-15H2,(H,25,27,30). The van der Waals surface area contributed by atoms with Gasteiger partial charge in [-0.25, -0.2) is 14.4 Å². The van der Waals surface area contributed by atoms with Crippen LogP contribution in [0.15, 0.2) is 70.3 Å². The first-order valence-electron chi connectivity index (χ1n) is 10.5. The van der Waals surface area contributed by atoms with Crippen molar-refractivity contribution < 1.29 is 23.8 Å². The lowest BCUT2D eigenvalue weighted by molar-refractivity contribution is -0.0640. The second-order valence-electron chi connectivity index (χ2n) is 7.45. The first-order chi connectivity index (χ1) is 16.5. The zero-order valence-electron chi connectivity index (χ0n) is 18.1. The molecule has 0 atom stereocenters. The summed E-state index contributed by atoms with van der Waals surface area (Å²) in [7, 11) is 0. The maximum absolute atomic E-state index is 12.4. The summed E-state index contributed by atoms with van der Waals surface area (Å²) >= 11 is 1.52. The molecule has 3 aromatic rings. The van der Waals surface area contributed by atoms with E-state index in [1.165, 1.54) is 16.3 Å². The van der Waals surface area contributed by atoms with Crippen LogP contribution in [0.1, 0.15) is 32.0 Å². The molecule has 1 aliphatic heterocycles. The molecule has 4 rings (SSSR count). The molecule has 1 N–H and O–H groups in total. The lowest BCUT2D eigenvalue weighted by atomic mass is 10.2. The van der Waals surface area contributed by atoms with Gasteiger partial charge in [0.15, 0.2) is 0 Å². The van der Waals surface area contributed by atoms with Gasteiger partial charge in [0, 0.05) is 22.8 Å². The first-order valence-corrected chi connectivity index (χ1v) is 11.7. The number of hydrogen-bond donors (Lipinski definition) is 1. The highest BCUT2D eigenvalue weighted by Crippen LogP contribution is 2.25. The van der Waals surface area contributed by atoms with Crippen molar-refractivity contribution in [3.8, 4) is 0 Å². The van der Waals surface area contributed by atoms with Gasteiger partial charge in [-0.3, -0.25) is 14.3 Å². The summed E-state index contributed by atoms with van der Waals surface area (Å²) in [5.74, 6) is -0.0872. The number of thioether (sulfide) groups is 1. The third kappa shape index (κ3) is 5.64. The van der Waals surface area contributed by atoms with Crippen LogP contribution >= 0.6 is 11.8 Å². The predicted octanol–water partition coefficient (Wildman–Crippen LogP) is 2.34. The highest BCUT2D eigenvalue weighted by atomic mass is 32.2. The van der Waals surface area contributed by atoms with Crippen LogP contribution in [0.4, 0.5) is 0 Å². The molecule has 0 saturated carbocycles. The highest BCUT2D eigenvalue weighted by molar-refractivity contribution is 7.98. The van der Waals surface area contributed by atoms with Crippen LogP contribution in [0.25, 0.3) is 0 Å². The maximum Gasteiger partial charge on any atom is 0.338 e. The summed E-state index contributed by atoms with van der Waals surface area (Å²) in [6.07, 6.45) is -0.844. The van der Waals surface area contributed by atoms with Crippen LogP contribution in [0.3, 0.4) is 0 Å². The lowest BCUT2D eigenvalue weighted by Gasteiger charge is -2.20. The van der Waals surface area contributed by atoms with Crippen molar-refractivity contribution in [2.24, 2.45) is 0 Å². The summed E-state index contributed by atoms with van der Waals surface area (Å²) in [6, 6.07) is 16.9. The van der Waals surface area contributed by atoms with E-state index in [0.717, 1.165) is 0 Å². The van der Waals surface area contributed by atoms with E-state index in [1.54, 1.807) is 60.7 Å². The van der Waals surface area contributed by atoms with Gasteiger partial charge in [-0.15, -0.1) is 0 Å². The number of rotatable bonds is 9. The molecule has 0 bridgehead atoms. The molecule has 0 amide bonds. The summed E-state index contributed by atoms with van der Waals surface area (Å²) < 4.78 is 17.9. The Morgan fingerprint density at radius 3 is 2.00 bits per heavy atom. The molecule has 34 heavy (non-hydrogen) atoms. The minimum Gasteiger partial charge on any atom is -0.459 e. The molecule has 1 aromatic heterocycles. The Hall–Kier alpha value is -3.63. The molecule has 9 nitrogen and oxygen atoms in total. The smallest absolute Gasteiger partial charge is 0.338 e. The van der Waals surface area contributed by atoms with Crippen LogP contribution in [0.5, 0.6) is 0 Å². The van der Waals surface area contributed by atoms with Crippen molar-refractivity contribution in [2.75, 3.05) is 13.2 Å². The molecule has 0 unspecified atom stereocenters. The summed E-state index contributed by atoms with van der Waals surface area (Å²) in [6.45, 7) is -0.607. The molecule has 0 fully saturated rings. The molecule has 176 valence electrons. The molecule has 0 aliphatic carbocycles. The molecule has 0 radical (unpaired) electrons. The lowest BCUT2D eigenvalue weighted by Crippen LogP contribution is -2.37. The van der Waals surface area contributed by atoms with Crippen LogP contribution in [0, 0.1) is 0 Å². The quantitative estimate of drug-likeness (QED) is 0.462. The van der Waals surface area contributed by atoms with Gasteiger partial charge in [0.25, 0.3) is 5.56 Å².